The monoisotopic (exact) mass is 425 g/mol. The molecule has 0 aliphatic carbocycles. The van der Waals surface area contributed by atoms with Crippen LogP contribution in [0.5, 0.6) is 0 Å². The Labute approximate surface area is 168 Å². The number of hydrogen-bond donors (Lipinski definition) is 0. The first kappa shape index (κ1) is 22.9. The minimum Gasteiger partial charge on any atom is -0.461 e. The van der Waals surface area contributed by atoms with Crippen molar-refractivity contribution in [3.05, 3.63) is 35.5 Å². The first-order valence-corrected chi connectivity index (χ1v) is 15.2. The number of fused-ring (bicyclic) bond motifs is 1. The first-order valence-electron chi connectivity index (χ1n) is 9.72. The van der Waals surface area contributed by atoms with Crippen LogP contribution in [-0.4, -0.2) is 38.4 Å². The summed E-state index contributed by atoms with van der Waals surface area (Å²) in [7, 11) is -2.57. The second kappa shape index (κ2) is 9.40. The van der Waals surface area contributed by atoms with Gasteiger partial charge in [0.25, 0.3) is 0 Å². The predicted molar refractivity (Wildman–Crippen MR) is 116 cm³/mol. The van der Waals surface area contributed by atoms with Crippen LogP contribution in [0.2, 0.25) is 25.7 Å². The SMILES string of the molecule is CCOP(=O)(Cc1ccc2c(c1)cc(C(=O)OCC[Si](C)(C)C)n2C)OCC. The zero-order valence-corrected chi connectivity index (χ0v) is 19.7. The molecule has 156 valence electrons. The van der Waals surface area contributed by atoms with Gasteiger partial charge in [0.05, 0.1) is 26.0 Å². The van der Waals surface area contributed by atoms with E-state index in [0.29, 0.717) is 25.5 Å². The standard InChI is InChI=1S/C20H32NO5PSi/c1-7-25-27(23,26-8-2)15-16-9-10-18-17(13-16)14-19(21(18)3)20(22)24-11-12-28(4,5)6/h9-10,13-14H,7-8,11-12,15H2,1-6H3. The molecule has 8 heteroatoms. The zero-order valence-electron chi connectivity index (χ0n) is 17.8. The van der Waals surface area contributed by atoms with Crippen molar-refractivity contribution < 1.29 is 23.1 Å². The van der Waals surface area contributed by atoms with Crippen LogP contribution in [-0.2, 0) is 31.6 Å². The van der Waals surface area contributed by atoms with Gasteiger partial charge >= 0.3 is 13.6 Å². The van der Waals surface area contributed by atoms with Crippen LogP contribution in [0.15, 0.2) is 24.3 Å². The maximum absolute atomic E-state index is 12.8. The lowest BCUT2D eigenvalue weighted by atomic mass is 10.2. The summed E-state index contributed by atoms with van der Waals surface area (Å²) >= 11 is 0. The molecular formula is C20H32NO5PSi. The summed E-state index contributed by atoms with van der Waals surface area (Å²) in [5, 5.41) is 0.900. The summed E-state index contributed by atoms with van der Waals surface area (Å²) < 4.78 is 30.9. The molecule has 2 aromatic rings. The number of hydrogen-bond acceptors (Lipinski definition) is 5. The van der Waals surface area contributed by atoms with Gasteiger partial charge in [-0.2, -0.15) is 0 Å². The third-order valence-electron chi connectivity index (χ3n) is 4.43. The van der Waals surface area contributed by atoms with Gasteiger partial charge in [0.15, 0.2) is 0 Å². The lowest BCUT2D eigenvalue weighted by Crippen LogP contribution is -2.23. The molecule has 1 aromatic carbocycles. The van der Waals surface area contributed by atoms with E-state index in [9.17, 15) is 9.36 Å². The minimum atomic E-state index is -3.17. The summed E-state index contributed by atoms with van der Waals surface area (Å²) in [5.41, 5.74) is 2.28. The molecule has 28 heavy (non-hydrogen) atoms. The van der Waals surface area contributed by atoms with E-state index in [1.54, 1.807) is 13.8 Å². The molecule has 0 amide bonds. The fourth-order valence-corrected chi connectivity index (χ4v) is 5.36. The number of esters is 1. The third-order valence-corrected chi connectivity index (χ3v) is 8.19. The maximum atomic E-state index is 12.8. The van der Waals surface area contributed by atoms with Crippen molar-refractivity contribution in [1.29, 1.82) is 0 Å². The smallest absolute Gasteiger partial charge is 0.354 e. The Morgan fingerprint density at radius 3 is 2.32 bits per heavy atom. The summed E-state index contributed by atoms with van der Waals surface area (Å²) in [6.07, 6.45) is 0.204. The molecule has 0 unspecified atom stereocenters. The van der Waals surface area contributed by atoms with Crippen LogP contribution in [0.25, 0.3) is 10.9 Å². The van der Waals surface area contributed by atoms with Crippen molar-refractivity contribution in [3.8, 4) is 0 Å². The molecule has 0 saturated carbocycles. The van der Waals surface area contributed by atoms with E-state index < -0.39 is 15.7 Å². The van der Waals surface area contributed by atoms with Crippen molar-refractivity contribution >= 4 is 32.5 Å². The van der Waals surface area contributed by atoms with Crippen LogP contribution in [0, 0.1) is 0 Å². The number of nitrogens with zero attached hydrogens (tertiary/aromatic N) is 1. The molecule has 0 radical (unpaired) electrons. The molecule has 0 saturated heterocycles. The zero-order chi connectivity index (χ0) is 20.9. The van der Waals surface area contributed by atoms with E-state index in [-0.39, 0.29) is 12.1 Å². The van der Waals surface area contributed by atoms with Gasteiger partial charge in [-0.3, -0.25) is 4.57 Å². The lowest BCUT2D eigenvalue weighted by molar-refractivity contribution is 0.0514. The number of carbonyl (C=O) groups excluding carboxylic acids is 1. The van der Waals surface area contributed by atoms with Gasteiger partial charge in [-0.15, -0.1) is 0 Å². The highest BCUT2D eigenvalue weighted by Gasteiger charge is 2.25. The number of benzene rings is 1. The Kier molecular flexibility index (Phi) is 7.68. The number of aromatic nitrogens is 1. The fraction of sp³-hybridized carbons (Fsp3) is 0.550. The van der Waals surface area contributed by atoms with Gasteiger partial charge in [0.2, 0.25) is 0 Å². The van der Waals surface area contributed by atoms with Gasteiger partial charge in [-0.25, -0.2) is 4.79 Å². The van der Waals surface area contributed by atoms with Crippen molar-refractivity contribution in [2.45, 2.75) is 45.7 Å². The van der Waals surface area contributed by atoms with E-state index in [0.717, 1.165) is 22.5 Å². The fourth-order valence-electron chi connectivity index (χ4n) is 2.96. The highest BCUT2D eigenvalue weighted by atomic mass is 31.2. The molecule has 2 rings (SSSR count). The van der Waals surface area contributed by atoms with Gasteiger partial charge in [-0.1, -0.05) is 25.7 Å². The normalized spacial score (nSPS) is 12.5. The average molecular weight is 426 g/mol. The predicted octanol–water partition coefficient (Wildman–Crippen LogP) is 5.44. The number of aryl methyl sites for hydroxylation is 1. The van der Waals surface area contributed by atoms with E-state index >= 15 is 0 Å². The molecule has 0 atom stereocenters. The molecule has 0 bridgehead atoms. The molecular weight excluding hydrogens is 393 g/mol. The van der Waals surface area contributed by atoms with Crippen molar-refractivity contribution in [2.75, 3.05) is 19.8 Å². The molecule has 0 aliphatic heterocycles. The minimum absolute atomic E-state index is 0.204. The molecule has 0 fully saturated rings. The average Bonchev–Trinajstić information content (AvgIpc) is 2.90. The van der Waals surface area contributed by atoms with Gasteiger partial charge in [0.1, 0.15) is 5.69 Å². The lowest BCUT2D eigenvalue weighted by Gasteiger charge is -2.17. The van der Waals surface area contributed by atoms with Gasteiger partial charge in [-0.05, 0) is 43.7 Å². The molecule has 0 N–H and O–H groups in total. The molecule has 0 aliphatic rings. The van der Waals surface area contributed by atoms with Gasteiger partial charge < -0.3 is 18.4 Å². The third kappa shape index (κ3) is 6.05. The summed E-state index contributed by atoms with van der Waals surface area (Å²) in [6.45, 7) is 11.5. The maximum Gasteiger partial charge on any atom is 0.354 e. The van der Waals surface area contributed by atoms with E-state index in [4.69, 9.17) is 13.8 Å². The Bertz CT molecular complexity index is 861. The van der Waals surface area contributed by atoms with Crippen LogP contribution < -0.4 is 0 Å². The van der Waals surface area contributed by atoms with Crippen LogP contribution >= 0.6 is 7.60 Å². The van der Waals surface area contributed by atoms with E-state index in [1.165, 1.54) is 0 Å². The second-order valence-electron chi connectivity index (χ2n) is 8.03. The van der Waals surface area contributed by atoms with Crippen molar-refractivity contribution in [1.82, 2.24) is 4.57 Å². The second-order valence-corrected chi connectivity index (χ2v) is 15.7. The molecule has 1 aromatic heterocycles. The van der Waals surface area contributed by atoms with Gasteiger partial charge in [0, 0.05) is 26.0 Å². The van der Waals surface area contributed by atoms with Crippen molar-refractivity contribution in [3.63, 3.8) is 0 Å². The largest absolute Gasteiger partial charge is 0.461 e. The van der Waals surface area contributed by atoms with Crippen LogP contribution in [0.1, 0.15) is 29.9 Å². The first-order chi connectivity index (χ1) is 13.1. The quantitative estimate of drug-likeness (QED) is 0.288. The molecule has 0 spiro atoms. The van der Waals surface area contributed by atoms with E-state index in [1.807, 2.05) is 35.9 Å². The Hall–Kier alpha value is -1.40. The Morgan fingerprint density at radius 2 is 1.75 bits per heavy atom. The highest BCUT2D eigenvalue weighted by molar-refractivity contribution is 7.53. The van der Waals surface area contributed by atoms with Crippen molar-refractivity contribution in [2.24, 2.45) is 7.05 Å². The summed E-state index contributed by atoms with van der Waals surface area (Å²) in [5.74, 6) is -0.312. The highest BCUT2D eigenvalue weighted by Crippen LogP contribution is 2.51. The molecule has 1 heterocycles. The van der Waals surface area contributed by atoms with E-state index in [2.05, 4.69) is 19.6 Å². The Balaban J connectivity index is 2.21. The Morgan fingerprint density at radius 1 is 1.11 bits per heavy atom. The summed E-state index contributed by atoms with van der Waals surface area (Å²) in [4.78, 5) is 12.5. The number of rotatable bonds is 10. The topological polar surface area (TPSA) is 66.8 Å². The van der Waals surface area contributed by atoms with Crippen LogP contribution in [0.3, 0.4) is 0 Å². The molecule has 6 nitrogen and oxygen atoms in total. The number of ether oxygens (including phenoxy) is 1. The summed E-state index contributed by atoms with van der Waals surface area (Å²) in [6, 6.07) is 8.51. The number of carbonyl (C=O) groups is 1. The van der Waals surface area contributed by atoms with Crippen LogP contribution in [0.4, 0.5) is 0 Å².